The molecule has 154 valence electrons. The number of benzene rings is 2. The van der Waals surface area contributed by atoms with Crippen molar-refractivity contribution in [1.82, 2.24) is 5.32 Å². The number of anilines is 1. The van der Waals surface area contributed by atoms with Crippen molar-refractivity contribution in [1.29, 1.82) is 0 Å². The molecule has 0 aliphatic heterocycles. The number of rotatable bonds is 7. The molecule has 7 heteroatoms. The first-order valence-corrected chi connectivity index (χ1v) is 11.5. The number of amides is 2. The van der Waals surface area contributed by atoms with Gasteiger partial charge in [-0.2, -0.15) is 0 Å². The standard InChI is InChI=1S/C22H24Cl2N2O2S/c23-16-10-11-18(24)19(12-16)26-22(28)17-8-4-5-9-20(17)29-14-21(27)25-13-15-6-2-1-3-7-15/h4-5,8-12,15H,1-3,6-7,13-14H2,(H,25,27)(H,26,28). The fourth-order valence-electron chi connectivity index (χ4n) is 3.41. The predicted octanol–water partition coefficient (Wildman–Crippen LogP) is 6.03. The van der Waals surface area contributed by atoms with Gasteiger partial charge in [-0.05, 0) is 49.1 Å². The Morgan fingerprint density at radius 1 is 1.03 bits per heavy atom. The van der Waals surface area contributed by atoms with E-state index in [1.54, 1.807) is 30.3 Å². The Morgan fingerprint density at radius 3 is 2.59 bits per heavy atom. The summed E-state index contributed by atoms with van der Waals surface area (Å²) >= 11 is 13.5. The second kappa shape index (κ2) is 10.9. The van der Waals surface area contributed by atoms with Gasteiger partial charge < -0.3 is 10.6 Å². The van der Waals surface area contributed by atoms with E-state index in [1.165, 1.54) is 43.9 Å². The molecule has 2 aromatic carbocycles. The van der Waals surface area contributed by atoms with Crippen LogP contribution in [0.1, 0.15) is 42.5 Å². The zero-order valence-corrected chi connectivity index (χ0v) is 18.4. The molecule has 4 nitrogen and oxygen atoms in total. The van der Waals surface area contributed by atoms with Crippen LogP contribution in [0, 0.1) is 5.92 Å². The Hall–Kier alpha value is -1.69. The Labute approximate surface area is 185 Å². The van der Waals surface area contributed by atoms with E-state index < -0.39 is 0 Å². The van der Waals surface area contributed by atoms with Gasteiger partial charge >= 0.3 is 0 Å². The lowest BCUT2D eigenvalue weighted by Gasteiger charge is -2.21. The van der Waals surface area contributed by atoms with E-state index in [0.29, 0.717) is 27.2 Å². The van der Waals surface area contributed by atoms with Gasteiger partial charge in [0, 0.05) is 16.5 Å². The van der Waals surface area contributed by atoms with Crippen molar-refractivity contribution in [3.8, 4) is 0 Å². The smallest absolute Gasteiger partial charge is 0.256 e. The molecule has 1 saturated carbocycles. The molecule has 29 heavy (non-hydrogen) atoms. The minimum absolute atomic E-state index is 0.00586. The average molecular weight is 451 g/mol. The first-order chi connectivity index (χ1) is 14.0. The largest absolute Gasteiger partial charge is 0.355 e. The molecule has 1 aliphatic rings. The molecular formula is C22H24Cl2N2O2S. The summed E-state index contributed by atoms with van der Waals surface area (Å²) in [7, 11) is 0. The van der Waals surface area contributed by atoms with Crippen LogP contribution in [0.15, 0.2) is 47.4 Å². The fraction of sp³-hybridized carbons (Fsp3) is 0.364. The summed E-state index contributed by atoms with van der Waals surface area (Å²) in [6.45, 7) is 0.745. The highest BCUT2D eigenvalue weighted by Gasteiger charge is 2.16. The molecule has 0 heterocycles. The molecule has 1 fully saturated rings. The SMILES string of the molecule is O=C(CSc1ccccc1C(=O)Nc1cc(Cl)ccc1Cl)NCC1CCCCC1. The van der Waals surface area contributed by atoms with Crippen molar-refractivity contribution in [3.05, 3.63) is 58.1 Å². The van der Waals surface area contributed by atoms with E-state index in [2.05, 4.69) is 10.6 Å². The van der Waals surface area contributed by atoms with Crippen molar-refractivity contribution < 1.29 is 9.59 Å². The van der Waals surface area contributed by atoms with Crippen LogP contribution in [-0.4, -0.2) is 24.1 Å². The number of carbonyl (C=O) groups excluding carboxylic acids is 2. The zero-order valence-electron chi connectivity index (χ0n) is 16.0. The molecule has 0 bridgehead atoms. The highest BCUT2D eigenvalue weighted by molar-refractivity contribution is 8.00. The van der Waals surface area contributed by atoms with Crippen LogP contribution in [-0.2, 0) is 4.79 Å². The number of hydrogen-bond acceptors (Lipinski definition) is 3. The third kappa shape index (κ3) is 6.66. The molecule has 3 rings (SSSR count). The summed E-state index contributed by atoms with van der Waals surface area (Å²) < 4.78 is 0. The van der Waals surface area contributed by atoms with Gasteiger partial charge in [-0.1, -0.05) is 54.6 Å². The zero-order chi connectivity index (χ0) is 20.6. The summed E-state index contributed by atoms with van der Waals surface area (Å²) in [6, 6.07) is 12.1. The molecule has 2 amide bonds. The average Bonchev–Trinajstić information content (AvgIpc) is 2.74. The molecule has 2 aromatic rings. The lowest BCUT2D eigenvalue weighted by molar-refractivity contribution is -0.118. The predicted molar refractivity (Wildman–Crippen MR) is 121 cm³/mol. The van der Waals surface area contributed by atoms with Gasteiger partial charge in [0.25, 0.3) is 5.91 Å². The van der Waals surface area contributed by atoms with Crippen LogP contribution in [0.2, 0.25) is 10.0 Å². The number of hydrogen-bond donors (Lipinski definition) is 2. The summed E-state index contributed by atoms with van der Waals surface area (Å²) in [5.41, 5.74) is 0.947. The molecule has 0 saturated heterocycles. The maximum absolute atomic E-state index is 12.7. The monoisotopic (exact) mass is 450 g/mol. The number of nitrogens with one attached hydrogen (secondary N) is 2. The third-order valence-electron chi connectivity index (χ3n) is 4.98. The summed E-state index contributed by atoms with van der Waals surface area (Å²) in [6.07, 6.45) is 6.22. The van der Waals surface area contributed by atoms with Gasteiger partial charge in [-0.3, -0.25) is 9.59 Å². The van der Waals surface area contributed by atoms with Gasteiger partial charge in [0.05, 0.1) is 22.0 Å². The van der Waals surface area contributed by atoms with Crippen LogP contribution in [0.25, 0.3) is 0 Å². The van der Waals surface area contributed by atoms with Crippen molar-refractivity contribution in [3.63, 3.8) is 0 Å². The number of halogens is 2. The number of carbonyl (C=O) groups is 2. The molecule has 0 atom stereocenters. The van der Waals surface area contributed by atoms with E-state index in [1.807, 2.05) is 12.1 Å². The van der Waals surface area contributed by atoms with E-state index in [-0.39, 0.29) is 17.6 Å². The second-order valence-corrected chi connectivity index (χ2v) is 9.03. The topological polar surface area (TPSA) is 58.2 Å². The van der Waals surface area contributed by atoms with Crippen LogP contribution >= 0.6 is 35.0 Å². The van der Waals surface area contributed by atoms with Gasteiger partial charge in [-0.15, -0.1) is 11.8 Å². The van der Waals surface area contributed by atoms with Gasteiger partial charge in [0.1, 0.15) is 0 Å². The van der Waals surface area contributed by atoms with Crippen LogP contribution < -0.4 is 10.6 Å². The molecule has 0 aromatic heterocycles. The first-order valence-electron chi connectivity index (χ1n) is 9.78. The molecule has 0 radical (unpaired) electrons. The first kappa shape index (κ1) is 22.0. The molecule has 2 N–H and O–H groups in total. The molecular weight excluding hydrogens is 427 g/mol. The van der Waals surface area contributed by atoms with Crippen LogP contribution in [0.5, 0.6) is 0 Å². The number of thioether (sulfide) groups is 1. The normalized spacial score (nSPS) is 14.4. The lowest BCUT2D eigenvalue weighted by Crippen LogP contribution is -2.31. The lowest BCUT2D eigenvalue weighted by atomic mass is 9.89. The van der Waals surface area contributed by atoms with Crippen molar-refractivity contribution in [2.75, 3.05) is 17.6 Å². The van der Waals surface area contributed by atoms with E-state index in [9.17, 15) is 9.59 Å². The van der Waals surface area contributed by atoms with Crippen molar-refractivity contribution in [2.24, 2.45) is 5.92 Å². The highest BCUT2D eigenvalue weighted by atomic mass is 35.5. The maximum atomic E-state index is 12.7. The minimum Gasteiger partial charge on any atom is -0.355 e. The van der Waals surface area contributed by atoms with Gasteiger partial charge in [0.2, 0.25) is 5.91 Å². The molecule has 0 spiro atoms. The van der Waals surface area contributed by atoms with E-state index >= 15 is 0 Å². The fourth-order valence-corrected chi connectivity index (χ4v) is 4.62. The summed E-state index contributed by atoms with van der Waals surface area (Å²) in [5, 5.41) is 6.73. The Morgan fingerprint density at radius 2 is 1.79 bits per heavy atom. The van der Waals surface area contributed by atoms with Gasteiger partial charge in [0.15, 0.2) is 0 Å². The minimum atomic E-state index is -0.292. The van der Waals surface area contributed by atoms with Crippen LogP contribution in [0.3, 0.4) is 0 Å². The second-order valence-electron chi connectivity index (χ2n) is 7.17. The van der Waals surface area contributed by atoms with E-state index in [0.717, 1.165) is 11.4 Å². The quantitative estimate of drug-likeness (QED) is 0.505. The summed E-state index contributed by atoms with van der Waals surface area (Å²) in [4.78, 5) is 25.7. The Balaban J connectivity index is 1.57. The Kier molecular flexibility index (Phi) is 8.28. The molecule has 0 unspecified atom stereocenters. The summed E-state index contributed by atoms with van der Waals surface area (Å²) in [5.74, 6) is 0.571. The molecule has 1 aliphatic carbocycles. The van der Waals surface area contributed by atoms with E-state index in [4.69, 9.17) is 23.2 Å². The van der Waals surface area contributed by atoms with Crippen molar-refractivity contribution >= 4 is 52.5 Å². The Bertz CT molecular complexity index is 870. The maximum Gasteiger partial charge on any atom is 0.256 e. The van der Waals surface area contributed by atoms with Crippen LogP contribution in [0.4, 0.5) is 5.69 Å². The highest BCUT2D eigenvalue weighted by Crippen LogP contribution is 2.28. The third-order valence-corrected chi connectivity index (χ3v) is 6.62. The van der Waals surface area contributed by atoms with Gasteiger partial charge in [-0.25, -0.2) is 0 Å². The van der Waals surface area contributed by atoms with Crippen molar-refractivity contribution in [2.45, 2.75) is 37.0 Å².